The fourth-order valence-corrected chi connectivity index (χ4v) is 2.18. The normalized spacial score (nSPS) is 17.6. The highest BCUT2D eigenvalue weighted by Crippen LogP contribution is 2.19. The summed E-state index contributed by atoms with van der Waals surface area (Å²) in [5.41, 5.74) is 5.48. The quantitative estimate of drug-likeness (QED) is 0.642. The number of carbonyl (C=O) groups is 1. The van der Waals surface area contributed by atoms with E-state index in [9.17, 15) is 4.79 Å². The van der Waals surface area contributed by atoms with Gasteiger partial charge in [0.15, 0.2) is 0 Å². The number of aromatic nitrogens is 2. The Morgan fingerprint density at radius 1 is 1.41 bits per heavy atom. The molecule has 0 bridgehead atoms. The van der Waals surface area contributed by atoms with Crippen LogP contribution in [0.1, 0.15) is 38.5 Å². The van der Waals surface area contributed by atoms with Crippen molar-refractivity contribution in [2.24, 2.45) is 0 Å². The summed E-state index contributed by atoms with van der Waals surface area (Å²) in [5, 5.41) is 3.96. The standard InChI is InChI=1S/C12H19N3O2/c13-11-7-8-15(14-11)9-12(16)17-10-5-3-1-2-4-6-10/h7-8,10H,1-6,9H2,(H2,13,14). The zero-order valence-corrected chi connectivity index (χ0v) is 9.97. The second-order valence-corrected chi connectivity index (χ2v) is 4.54. The summed E-state index contributed by atoms with van der Waals surface area (Å²) in [5.74, 6) is 0.201. The van der Waals surface area contributed by atoms with Crippen LogP contribution in [-0.2, 0) is 16.1 Å². The van der Waals surface area contributed by atoms with Gasteiger partial charge in [-0.2, -0.15) is 5.10 Å². The summed E-state index contributed by atoms with van der Waals surface area (Å²) in [6.45, 7) is 0.147. The van der Waals surface area contributed by atoms with Crippen LogP contribution in [0.25, 0.3) is 0 Å². The Kier molecular flexibility index (Phi) is 4.01. The molecule has 1 saturated carbocycles. The van der Waals surface area contributed by atoms with Gasteiger partial charge in [0, 0.05) is 6.20 Å². The molecule has 0 saturated heterocycles. The summed E-state index contributed by atoms with van der Waals surface area (Å²) in [6.07, 6.45) is 8.59. The number of hydrogen-bond acceptors (Lipinski definition) is 4. The lowest BCUT2D eigenvalue weighted by molar-refractivity contribution is -0.150. The van der Waals surface area contributed by atoms with Crippen LogP contribution in [0.4, 0.5) is 5.82 Å². The van der Waals surface area contributed by atoms with E-state index in [2.05, 4.69) is 5.10 Å². The number of ether oxygens (including phenoxy) is 1. The van der Waals surface area contributed by atoms with E-state index in [-0.39, 0.29) is 18.6 Å². The van der Waals surface area contributed by atoms with Crippen molar-refractivity contribution in [3.8, 4) is 0 Å². The molecule has 0 unspecified atom stereocenters. The molecule has 0 spiro atoms. The largest absolute Gasteiger partial charge is 0.461 e. The van der Waals surface area contributed by atoms with E-state index >= 15 is 0 Å². The first-order valence-electron chi connectivity index (χ1n) is 6.22. The van der Waals surface area contributed by atoms with Gasteiger partial charge >= 0.3 is 5.97 Å². The van der Waals surface area contributed by atoms with Gasteiger partial charge in [-0.25, -0.2) is 0 Å². The Balaban J connectivity index is 1.80. The summed E-state index contributed by atoms with van der Waals surface area (Å²) >= 11 is 0. The maximum Gasteiger partial charge on any atom is 0.328 e. The van der Waals surface area contributed by atoms with Crippen LogP contribution in [0.5, 0.6) is 0 Å². The van der Waals surface area contributed by atoms with E-state index in [1.807, 2.05) is 0 Å². The van der Waals surface area contributed by atoms with Crippen molar-refractivity contribution in [2.75, 3.05) is 5.73 Å². The molecule has 2 rings (SSSR count). The fourth-order valence-electron chi connectivity index (χ4n) is 2.18. The third-order valence-corrected chi connectivity index (χ3v) is 3.05. The van der Waals surface area contributed by atoms with Gasteiger partial charge in [0.05, 0.1) is 0 Å². The monoisotopic (exact) mass is 237 g/mol. The Bertz CT molecular complexity index is 368. The molecule has 1 aromatic rings. The topological polar surface area (TPSA) is 70.1 Å². The molecule has 0 radical (unpaired) electrons. The second-order valence-electron chi connectivity index (χ2n) is 4.54. The van der Waals surface area contributed by atoms with Gasteiger partial charge in [-0.05, 0) is 31.7 Å². The van der Waals surface area contributed by atoms with Crippen molar-refractivity contribution in [3.05, 3.63) is 12.3 Å². The smallest absolute Gasteiger partial charge is 0.328 e. The molecule has 1 aliphatic carbocycles. The summed E-state index contributed by atoms with van der Waals surface area (Å²) < 4.78 is 6.95. The number of carbonyl (C=O) groups excluding carboxylic acids is 1. The minimum atomic E-state index is -0.222. The number of hydrogen-bond donors (Lipinski definition) is 1. The predicted molar refractivity (Wildman–Crippen MR) is 64.2 cm³/mol. The van der Waals surface area contributed by atoms with Crippen molar-refractivity contribution >= 4 is 11.8 Å². The van der Waals surface area contributed by atoms with Crippen molar-refractivity contribution in [3.63, 3.8) is 0 Å². The van der Waals surface area contributed by atoms with Crippen LogP contribution in [0.15, 0.2) is 12.3 Å². The lowest BCUT2D eigenvalue weighted by Crippen LogP contribution is -2.21. The molecule has 0 amide bonds. The Morgan fingerprint density at radius 2 is 2.12 bits per heavy atom. The van der Waals surface area contributed by atoms with E-state index in [1.54, 1.807) is 12.3 Å². The van der Waals surface area contributed by atoms with Crippen LogP contribution < -0.4 is 5.73 Å². The molecule has 1 heterocycles. The Morgan fingerprint density at radius 3 is 2.71 bits per heavy atom. The highest BCUT2D eigenvalue weighted by Gasteiger charge is 2.16. The van der Waals surface area contributed by atoms with Gasteiger partial charge in [0.25, 0.3) is 0 Å². The first kappa shape index (κ1) is 12.0. The highest BCUT2D eigenvalue weighted by atomic mass is 16.5. The second kappa shape index (κ2) is 5.70. The van der Waals surface area contributed by atoms with E-state index in [1.165, 1.54) is 17.5 Å². The maximum absolute atomic E-state index is 11.7. The number of nitrogens with zero attached hydrogens (tertiary/aromatic N) is 2. The van der Waals surface area contributed by atoms with Gasteiger partial charge in [0.2, 0.25) is 0 Å². The van der Waals surface area contributed by atoms with Gasteiger partial charge in [0.1, 0.15) is 18.5 Å². The molecule has 0 aliphatic heterocycles. The van der Waals surface area contributed by atoms with E-state index in [0.717, 1.165) is 25.7 Å². The molecule has 1 aromatic heterocycles. The van der Waals surface area contributed by atoms with Crippen molar-refractivity contribution in [2.45, 2.75) is 51.2 Å². The van der Waals surface area contributed by atoms with Gasteiger partial charge in [-0.3, -0.25) is 9.48 Å². The third kappa shape index (κ3) is 3.76. The van der Waals surface area contributed by atoms with Crippen molar-refractivity contribution in [1.29, 1.82) is 0 Å². The zero-order valence-electron chi connectivity index (χ0n) is 9.97. The van der Waals surface area contributed by atoms with Crippen LogP contribution in [-0.4, -0.2) is 21.9 Å². The van der Waals surface area contributed by atoms with Crippen LogP contribution in [0.2, 0.25) is 0 Å². The summed E-state index contributed by atoms with van der Waals surface area (Å²) in [7, 11) is 0. The van der Waals surface area contributed by atoms with Crippen molar-refractivity contribution < 1.29 is 9.53 Å². The molecule has 5 heteroatoms. The minimum Gasteiger partial charge on any atom is -0.461 e. The predicted octanol–water partition coefficient (Wildman–Crippen LogP) is 1.73. The molecule has 1 fully saturated rings. The molecule has 94 valence electrons. The summed E-state index contributed by atoms with van der Waals surface area (Å²) in [6, 6.07) is 1.67. The Labute approximate surface area is 101 Å². The number of esters is 1. The molecule has 1 aliphatic rings. The van der Waals surface area contributed by atoms with E-state index in [4.69, 9.17) is 10.5 Å². The zero-order chi connectivity index (χ0) is 12.1. The number of nitrogens with two attached hydrogens (primary N) is 1. The summed E-state index contributed by atoms with van der Waals surface area (Å²) in [4.78, 5) is 11.7. The number of anilines is 1. The van der Waals surface area contributed by atoms with Gasteiger partial charge in [-0.15, -0.1) is 0 Å². The molecule has 5 nitrogen and oxygen atoms in total. The molecule has 17 heavy (non-hydrogen) atoms. The van der Waals surface area contributed by atoms with Crippen LogP contribution in [0.3, 0.4) is 0 Å². The maximum atomic E-state index is 11.7. The lowest BCUT2D eigenvalue weighted by Gasteiger charge is -2.15. The fraction of sp³-hybridized carbons (Fsp3) is 0.667. The molecule has 0 aromatic carbocycles. The highest BCUT2D eigenvalue weighted by molar-refractivity contribution is 5.69. The first-order valence-corrected chi connectivity index (χ1v) is 6.22. The van der Waals surface area contributed by atoms with Gasteiger partial charge < -0.3 is 10.5 Å². The van der Waals surface area contributed by atoms with E-state index < -0.39 is 0 Å². The third-order valence-electron chi connectivity index (χ3n) is 3.05. The lowest BCUT2D eigenvalue weighted by atomic mass is 10.1. The molecule has 2 N–H and O–H groups in total. The molecular formula is C12H19N3O2. The van der Waals surface area contributed by atoms with Crippen LogP contribution >= 0.6 is 0 Å². The van der Waals surface area contributed by atoms with Gasteiger partial charge in [-0.1, -0.05) is 12.8 Å². The van der Waals surface area contributed by atoms with Crippen molar-refractivity contribution in [1.82, 2.24) is 9.78 Å². The average molecular weight is 237 g/mol. The number of rotatable bonds is 3. The minimum absolute atomic E-state index is 0.0953. The number of nitrogen functional groups attached to an aromatic ring is 1. The Hall–Kier alpha value is -1.52. The molecule has 0 atom stereocenters. The average Bonchev–Trinajstić information content (AvgIpc) is 2.53. The van der Waals surface area contributed by atoms with E-state index in [0.29, 0.717) is 5.82 Å². The van der Waals surface area contributed by atoms with Crippen LogP contribution in [0, 0.1) is 0 Å². The SMILES string of the molecule is Nc1ccn(CC(=O)OC2CCCCCC2)n1. The molecular weight excluding hydrogens is 218 g/mol. The first-order chi connectivity index (χ1) is 8.24.